The van der Waals surface area contributed by atoms with Crippen molar-refractivity contribution >= 4 is 98.8 Å². The number of nitrogens with two attached hydrogens (primary N) is 3. The van der Waals surface area contributed by atoms with Crippen molar-refractivity contribution in [2.75, 3.05) is 27.8 Å². The number of rotatable bonds is 8. The van der Waals surface area contributed by atoms with Gasteiger partial charge in [-0.15, -0.1) is 10.1 Å². The number of hydrogen-bond acceptors (Lipinski definition) is 22. The quantitative estimate of drug-likeness (QED) is 0.0590. The van der Waals surface area contributed by atoms with Gasteiger partial charge in [-0.05, 0) is 0 Å². The molecule has 0 saturated carbocycles. The zero-order valence-electron chi connectivity index (χ0n) is 63.0. The highest BCUT2D eigenvalue weighted by Gasteiger charge is 2.33. The van der Waals surface area contributed by atoms with Gasteiger partial charge in [-0.2, -0.15) is 29.3 Å². The van der Waals surface area contributed by atoms with Gasteiger partial charge < -0.3 is 41.3 Å². The number of imide groups is 2. The van der Waals surface area contributed by atoms with Crippen LogP contribution < -0.4 is 58.6 Å². The van der Waals surface area contributed by atoms with Crippen LogP contribution in [0.5, 0.6) is 0 Å². The summed E-state index contributed by atoms with van der Waals surface area (Å²) in [6, 6.07) is 4.57. The summed E-state index contributed by atoms with van der Waals surface area (Å²) in [5.74, 6) is -8.34. The predicted octanol–water partition coefficient (Wildman–Crippen LogP) is -2.22. The first-order chi connectivity index (χ1) is 46.0. The van der Waals surface area contributed by atoms with Gasteiger partial charge in [-0.3, -0.25) is 34.1 Å². The molecule has 0 atom stereocenters. The zero-order valence-corrected chi connectivity index (χ0v) is 43.0. The third-order valence-electron chi connectivity index (χ3n) is 9.42. The zero-order chi connectivity index (χ0) is 77.7. The lowest BCUT2D eigenvalue weighted by Crippen LogP contribution is -2.47. The first-order valence-corrected chi connectivity index (χ1v) is 22.1. The topological polar surface area (TPSA) is 461 Å². The highest BCUT2D eigenvalue weighted by atomic mass is 16.7. The second-order valence-electron chi connectivity index (χ2n) is 15.3. The van der Waals surface area contributed by atoms with Crippen LogP contribution >= 0.6 is 0 Å². The van der Waals surface area contributed by atoms with Crippen LogP contribution in [0.2, 0.25) is 0 Å². The molecule has 0 unspecified atom stereocenters. The maximum absolute atomic E-state index is 11.8. The van der Waals surface area contributed by atoms with Crippen molar-refractivity contribution in [3.05, 3.63) is 93.6 Å². The number of imidazole rings is 2. The molecule has 34 heteroatoms. The molecule has 81 heavy (non-hydrogen) atoms. The van der Waals surface area contributed by atoms with Crippen LogP contribution in [-0.2, 0) is 83.3 Å². The molecule has 0 radical (unpaired) electrons. The Morgan fingerprint density at radius 3 is 1.37 bits per heavy atom. The standard InChI is InChI=1S/C9H11N5O.C8H11N3O2.2C7H9NO4.C6H7N5.2C5H7N3O/c1-3-6(15)13-8-7-9(11-4-10-8)14(2)5-12-7;1-3-7(12)9-6-4-5-11(2)8(13)10-6;2*1-2-7(11)12-8-5(9)3-4-6(8)10;1-11-3-10-4-5(7)8-2-9-6(4)11;2*1-8-3-2-4(6)7-5(8)9/h4-5H,3H2,1-2H3,(H,10,11,13,15);4-5H,3H2,1-2H3,(H,9,10,12,13);2*2-4H2,1H3;2-3H,1H3,(H2,7,8,9);2*2-3H,1H3,(H2,6,7,9)/p+3/i2*1D3,3D2;2*1D3,2D2;;;. The summed E-state index contributed by atoms with van der Waals surface area (Å²) < 4.78 is 148. The number of fused-ring (bicyclic) bond motifs is 2. The van der Waals surface area contributed by atoms with Crippen molar-refractivity contribution in [1.82, 2.24) is 64.1 Å². The fourth-order valence-corrected chi connectivity index (χ4v) is 5.42. The average Bonchev–Trinajstić information content (AvgIpc) is 1.77. The van der Waals surface area contributed by atoms with E-state index in [1.54, 1.807) is 61.1 Å². The summed E-state index contributed by atoms with van der Waals surface area (Å²) >= 11 is 0. The number of hydrogen-bond donors (Lipinski definition) is 8. The fraction of sp³-hybridized carbons (Fsp3) is 0.362. The normalized spacial score (nSPS) is 17.0. The van der Waals surface area contributed by atoms with Crippen LogP contribution in [0.15, 0.2) is 76.5 Å². The van der Waals surface area contributed by atoms with E-state index in [0.717, 1.165) is 5.65 Å². The Bertz CT molecular complexity index is 4240. The lowest BCUT2D eigenvalue weighted by molar-refractivity contribution is -0.689. The number of carbonyl (C=O) groups excluding carboxylic acids is 8. The number of carbonyl (C=O) groups is 8. The van der Waals surface area contributed by atoms with Gasteiger partial charge >= 0.3 is 29.0 Å². The van der Waals surface area contributed by atoms with E-state index in [4.69, 9.17) is 44.6 Å². The number of aryl methyl sites for hydroxylation is 5. The van der Waals surface area contributed by atoms with Gasteiger partial charge in [0.25, 0.3) is 23.6 Å². The molecule has 0 spiro atoms. The fourth-order valence-electron chi connectivity index (χ4n) is 5.42. The molecule has 0 aromatic carbocycles. The number of H-pyrrole nitrogens is 3. The Balaban J connectivity index is 0.000000312. The Morgan fingerprint density at radius 2 is 0.963 bits per heavy atom. The number of anilines is 5. The largest absolute Gasteiger partial charge is 0.497 e. The molecule has 9 rings (SSSR count). The van der Waals surface area contributed by atoms with Crippen LogP contribution in [0.3, 0.4) is 0 Å². The monoisotopic (exact) mass is 1150 g/mol. The van der Waals surface area contributed by atoms with E-state index >= 15 is 0 Å². The lowest BCUT2D eigenvalue weighted by atomic mass is 10.4. The molecule has 0 aliphatic carbocycles. The van der Waals surface area contributed by atoms with Gasteiger partial charge in [0.15, 0.2) is 40.1 Å². The Kier molecular flexibility index (Phi) is 15.4. The molecule has 7 aromatic heterocycles. The van der Waals surface area contributed by atoms with Crippen LogP contribution in [0.4, 0.5) is 29.1 Å². The Hall–Kier alpha value is -10.7. The molecule has 34 nitrogen and oxygen atoms in total. The van der Waals surface area contributed by atoms with Gasteiger partial charge in [0.2, 0.25) is 17.6 Å². The Morgan fingerprint density at radius 1 is 0.568 bits per heavy atom. The average molecular weight is 1150 g/mol. The molecule has 2 aliphatic rings. The summed E-state index contributed by atoms with van der Waals surface area (Å²) in [4.78, 5) is 162. The van der Waals surface area contributed by atoms with E-state index in [-0.39, 0.29) is 64.3 Å². The maximum Gasteiger partial charge on any atom is 0.497 e. The number of nitrogens with one attached hydrogen (secondary N) is 5. The van der Waals surface area contributed by atoms with E-state index in [2.05, 4.69) is 59.8 Å². The summed E-state index contributed by atoms with van der Waals surface area (Å²) in [5.41, 5.74) is 17.2. The highest BCUT2D eigenvalue weighted by molar-refractivity contribution is 6.02. The van der Waals surface area contributed by atoms with Crippen molar-refractivity contribution in [3.8, 4) is 0 Å². The third-order valence-corrected chi connectivity index (χ3v) is 9.42. The first kappa shape index (κ1) is 39.6. The van der Waals surface area contributed by atoms with Gasteiger partial charge in [0.05, 0.1) is 52.4 Å². The molecule has 2 fully saturated rings. The van der Waals surface area contributed by atoms with Crippen molar-refractivity contribution in [2.45, 2.75) is 78.6 Å². The summed E-state index contributed by atoms with van der Waals surface area (Å²) in [7, 11) is 8.33. The Labute approximate surface area is 487 Å². The lowest BCUT2D eigenvalue weighted by Gasteiger charge is -2.10. The molecule has 432 valence electrons. The molecule has 2 aliphatic heterocycles. The van der Waals surface area contributed by atoms with Crippen molar-refractivity contribution in [1.29, 1.82) is 0 Å². The summed E-state index contributed by atoms with van der Waals surface area (Å²) in [6.07, 6.45) is -2.96. The number of nitrogen functional groups attached to an aromatic ring is 3. The highest BCUT2D eigenvalue weighted by Crippen LogP contribution is 2.17. The molecule has 6 amide bonds. The third kappa shape index (κ3) is 20.3. The van der Waals surface area contributed by atoms with Crippen LogP contribution in [0.25, 0.3) is 22.3 Å². The second kappa shape index (κ2) is 31.5. The summed E-state index contributed by atoms with van der Waals surface area (Å²) in [5, 5.41) is 4.36. The number of aromatic nitrogens is 14. The van der Waals surface area contributed by atoms with Crippen LogP contribution in [-0.4, -0.2) is 111 Å². The minimum atomic E-state index is -3.28. The molecular weight excluding hydrogens is 1070 g/mol. The van der Waals surface area contributed by atoms with Crippen LogP contribution in [0, 0.1) is 0 Å². The van der Waals surface area contributed by atoms with Gasteiger partial charge in [-0.25, -0.2) is 53.2 Å². The van der Waals surface area contributed by atoms with Crippen molar-refractivity contribution < 1.29 is 89.1 Å². The summed E-state index contributed by atoms with van der Waals surface area (Å²) in [6.45, 7) is -12.6. The first-order valence-electron chi connectivity index (χ1n) is 32.1. The number of nitrogens with zero attached hydrogens (tertiary/aromatic N) is 13. The van der Waals surface area contributed by atoms with E-state index in [9.17, 15) is 52.7 Å². The smallest absolute Gasteiger partial charge is 0.382 e. The molecule has 2 saturated heterocycles. The minimum absolute atomic E-state index is 0.0336. The van der Waals surface area contributed by atoms with Crippen LogP contribution in [0.1, 0.15) is 106 Å². The molecule has 9 heterocycles. The van der Waals surface area contributed by atoms with Crippen molar-refractivity contribution in [2.24, 2.45) is 35.2 Å². The van der Waals surface area contributed by atoms with E-state index < -0.39 is 106 Å². The van der Waals surface area contributed by atoms with E-state index in [0.29, 0.717) is 28.6 Å². The predicted molar refractivity (Wildman–Crippen MR) is 283 cm³/mol. The molecule has 7 aromatic rings. The molecule has 0 bridgehead atoms. The maximum atomic E-state index is 11.8. The van der Waals surface area contributed by atoms with E-state index in [1.807, 2.05) is 12.4 Å². The van der Waals surface area contributed by atoms with Gasteiger partial charge in [-0.1, -0.05) is 27.4 Å². The van der Waals surface area contributed by atoms with E-state index in [1.165, 1.54) is 52.0 Å². The number of hydroxylamine groups is 4. The SMILES string of the molecule is C[n+]1ccc(N)[nH]c1=O.C[n+]1ccc(N)[nH]c1=O.Cn1cnc2c(N)ncnc21.[2H]C([2H])([2H])C([2H])([2H])C(=O)Nc1cc[n+](C)c(=O)[nH]1.[2H]C([2H])([2H])C([2H])([2H])C(=O)Nc1ncnc2c1ncn2C.[2H]C([2H])([2H])C([2H])([2H])C(=O)ON1C(=O)CCC1=O.[2H]C([2H])([2H])C([2H])([2H])C(=O)ON1C(=O)CCC1=O. The number of amides is 6. The van der Waals surface area contributed by atoms with Gasteiger partial charge in [0, 0.05) is 111 Å². The van der Waals surface area contributed by atoms with Gasteiger partial charge in [0.1, 0.15) is 18.2 Å². The minimum Gasteiger partial charge on any atom is -0.382 e. The van der Waals surface area contributed by atoms with Crippen molar-refractivity contribution in [3.63, 3.8) is 0 Å². The molecule has 11 N–H and O–H groups in total. The second-order valence-corrected chi connectivity index (χ2v) is 15.3. The molecular formula is C47H64N21O13+3. The number of aromatic amines is 3.